The summed E-state index contributed by atoms with van der Waals surface area (Å²) in [4.78, 5) is 3.90. The third-order valence-corrected chi connectivity index (χ3v) is 1.31. The van der Waals surface area contributed by atoms with E-state index in [1.54, 1.807) is 12.4 Å². The molecule has 0 spiro atoms. The van der Waals surface area contributed by atoms with Gasteiger partial charge in [0.15, 0.2) is 0 Å². The topological polar surface area (TPSA) is 50.9 Å². The first kappa shape index (κ1) is 8.01. The van der Waals surface area contributed by atoms with E-state index in [-0.39, 0.29) is 6.04 Å². The van der Waals surface area contributed by atoms with Crippen molar-refractivity contribution < 1.29 is 0 Å². The van der Waals surface area contributed by atoms with Crippen LogP contribution < -0.4 is 11.1 Å². The molecule has 11 heavy (non-hydrogen) atoms. The van der Waals surface area contributed by atoms with Crippen molar-refractivity contribution in [3.8, 4) is 0 Å². The highest BCUT2D eigenvalue weighted by Gasteiger charge is 1.92. The summed E-state index contributed by atoms with van der Waals surface area (Å²) < 4.78 is 0. The van der Waals surface area contributed by atoms with Crippen molar-refractivity contribution >= 4 is 5.69 Å². The third-order valence-electron chi connectivity index (χ3n) is 1.31. The third kappa shape index (κ3) is 3.00. The van der Waals surface area contributed by atoms with Gasteiger partial charge in [0.05, 0.1) is 0 Å². The highest BCUT2D eigenvalue weighted by atomic mass is 14.9. The first-order chi connectivity index (χ1) is 5.29. The van der Waals surface area contributed by atoms with Crippen LogP contribution in [-0.2, 0) is 0 Å². The van der Waals surface area contributed by atoms with Crippen LogP contribution in [0.1, 0.15) is 6.92 Å². The second kappa shape index (κ2) is 3.93. The van der Waals surface area contributed by atoms with Crippen LogP contribution in [0.4, 0.5) is 5.69 Å². The number of pyridine rings is 1. The molecule has 1 rings (SSSR count). The number of hydrogen-bond donors (Lipinski definition) is 2. The predicted octanol–water partition coefficient (Wildman–Crippen LogP) is 0.841. The van der Waals surface area contributed by atoms with Crippen LogP contribution >= 0.6 is 0 Å². The number of hydrogen-bond acceptors (Lipinski definition) is 3. The monoisotopic (exact) mass is 151 g/mol. The normalized spacial score (nSPS) is 12.5. The number of anilines is 1. The van der Waals surface area contributed by atoms with E-state index in [1.165, 1.54) is 0 Å². The lowest BCUT2D eigenvalue weighted by Crippen LogP contribution is -2.25. The molecule has 0 fully saturated rings. The van der Waals surface area contributed by atoms with Gasteiger partial charge in [0.2, 0.25) is 0 Å². The maximum Gasteiger partial charge on any atom is 0.0371 e. The quantitative estimate of drug-likeness (QED) is 0.673. The van der Waals surface area contributed by atoms with Gasteiger partial charge in [-0.05, 0) is 19.1 Å². The fourth-order valence-corrected chi connectivity index (χ4v) is 0.749. The summed E-state index contributed by atoms with van der Waals surface area (Å²) in [5.41, 5.74) is 6.63. The molecule has 0 aliphatic rings. The largest absolute Gasteiger partial charge is 0.383 e. The van der Waals surface area contributed by atoms with Crippen molar-refractivity contribution in [2.75, 3.05) is 11.9 Å². The molecule has 0 saturated carbocycles. The SMILES string of the molecule is CC(N)CNc1ccncc1. The number of rotatable bonds is 3. The first-order valence-corrected chi connectivity index (χ1v) is 3.68. The molecule has 1 aromatic rings. The fraction of sp³-hybridized carbons (Fsp3) is 0.375. The molecule has 0 radical (unpaired) electrons. The van der Waals surface area contributed by atoms with Crippen molar-refractivity contribution in [2.24, 2.45) is 5.73 Å². The van der Waals surface area contributed by atoms with Crippen LogP contribution in [0.25, 0.3) is 0 Å². The number of nitrogens with two attached hydrogens (primary N) is 1. The molecule has 0 amide bonds. The van der Waals surface area contributed by atoms with Crippen LogP contribution in [0.15, 0.2) is 24.5 Å². The zero-order valence-corrected chi connectivity index (χ0v) is 6.62. The van der Waals surface area contributed by atoms with Crippen molar-refractivity contribution in [1.29, 1.82) is 0 Å². The average molecular weight is 151 g/mol. The van der Waals surface area contributed by atoms with Gasteiger partial charge in [0.1, 0.15) is 0 Å². The summed E-state index contributed by atoms with van der Waals surface area (Å²) in [5, 5.41) is 3.18. The summed E-state index contributed by atoms with van der Waals surface area (Å²) in [7, 11) is 0. The summed E-state index contributed by atoms with van der Waals surface area (Å²) in [6.07, 6.45) is 3.51. The van der Waals surface area contributed by atoms with E-state index in [0.29, 0.717) is 0 Å². The van der Waals surface area contributed by atoms with Gasteiger partial charge in [-0.15, -0.1) is 0 Å². The Morgan fingerprint density at radius 2 is 2.18 bits per heavy atom. The van der Waals surface area contributed by atoms with E-state index >= 15 is 0 Å². The molecule has 3 N–H and O–H groups in total. The van der Waals surface area contributed by atoms with Gasteiger partial charge in [-0.1, -0.05) is 0 Å². The second-order valence-corrected chi connectivity index (χ2v) is 2.59. The molecule has 60 valence electrons. The van der Waals surface area contributed by atoms with E-state index in [1.807, 2.05) is 19.1 Å². The molecule has 3 nitrogen and oxygen atoms in total. The molecule has 0 aromatic carbocycles. The van der Waals surface area contributed by atoms with Crippen molar-refractivity contribution in [3.63, 3.8) is 0 Å². The summed E-state index contributed by atoms with van der Waals surface area (Å²) in [5.74, 6) is 0. The minimum Gasteiger partial charge on any atom is -0.383 e. The lowest BCUT2D eigenvalue weighted by molar-refractivity contribution is 0.780. The zero-order chi connectivity index (χ0) is 8.10. The number of nitrogens with zero attached hydrogens (tertiary/aromatic N) is 1. The maximum atomic E-state index is 5.56. The minimum atomic E-state index is 0.183. The van der Waals surface area contributed by atoms with E-state index in [0.717, 1.165) is 12.2 Å². The van der Waals surface area contributed by atoms with E-state index in [9.17, 15) is 0 Å². The van der Waals surface area contributed by atoms with E-state index in [2.05, 4.69) is 10.3 Å². The molecule has 0 aliphatic heterocycles. The van der Waals surface area contributed by atoms with Gasteiger partial charge in [-0.2, -0.15) is 0 Å². The first-order valence-electron chi connectivity index (χ1n) is 3.68. The van der Waals surface area contributed by atoms with Crippen LogP contribution in [0, 0.1) is 0 Å². The molecule has 1 heterocycles. The Morgan fingerprint density at radius 3 is 2.73 bits per heavy atom. The number of nitrogens with one attached hydrogen (secondary N) is 1. The van der Waals surface area contributed by atoms with E-state index < -0.39 is 0 Å². The van der Waals surface area contributed by atoms with Gasteiger partial charge in [0, 0.05) is 30.7 Å². The number of aromatic nitrogens is 1. The summed E-state index contributed by atoms with van der Waals surface area (Å²) in [6.45, 7) is 2.76. The van der Waals surface area contributed by atoms with Crippen molar-refractivity contribution in [1.82, 2.24) is 4.98 Å². The van der Waals surface area contributed by atoms with Crippen LogP contribution in [0.3, 0.4) is 0 Å². The summed E-state index contributed by atoms with van der Waals surface area (Å²) >= 11 is 0. The Hall–Kier alpha value is -1.09. The Balaban J connectivity index is 2.39. The van der Waals surface area contributed by atoms with Gasteiger partial charge in [-0.25, -0.2) is 0 Å². The standard InChI is InChI=1S/C8H13N3/c1-7(9)6-11-8-2-4-10-5-3-8/h2-5,7H,6,9H2,1H3,(H,10,11). The van der Waals surface area contributed by atoms with Crippen molar-refractivity contribution in [2.45, 2.75) is 13.0 Å². The predicted molar refractivity (Wildman–Crippen MR) is 46.4 cm³/mol. The average Bonchev–Trinajstić information content (AvgIpc) is 2.03. The molecule has 1 unspecified atom stereocenters. The lowest BCUT2D eigenvalue weighted by Gasteiger charge is -2.07. The molecule has 0 saturated heterocycles. The maximum absolute atomic E-state index is 5.56. The minimum absolute atomic E-state index is 0.183. The Labute approximate surface area is 66.6 Å². The molecule has 0 bridgehead atoms. The second-order valence-electron chi connectivity index (χ2n) is 2.59. The Bertz CT molecular complexity index is 196. The summed E-state index contributed by atoms with van der Waals surface area (Å²) in [6, 6.07) is 4.02. The zero-order valence-electron chi connectivity index (χ0n) is 6.62. The molecule has 3 heteroatoms. The lowest BCUT2D eigenvalue weighted by atomic mass is 10.3. The molecule has 1 aromatic heterocycles. The van der Waals surface area contributed by atoms with Gasteiger partial charge >= 0.3 is 0 Å². The van der Waals surface area contributed by atoms with Crippen molar-refractivity contribution in [3.05, 3.63) is 24.5 Å². The van der Waals surface area contributed by atoms with Gasteiger partial charge in [-0.3, -0.25) is 4.98 Å². The molecular weight excluding hydrogens is 138 g/mol. The van der Waals surface area contributed by atoms with Crippen LogP contribution in [0.5, 0.6) is 0 Å². The highest BCUT2D eigenvalue weighted by molar-refractivity contribution is 5.40. The Kier molecular flexibility index (Phi) is 2.86. The van der Waals surface area contributed by atoms with Gasteiger partial charge < -0.3 is 11.1 Å². The molecular formula is C8H13N3. The Morgan fingerprint density at radius 1 is 1.55 bits per heavy atom. The molecule has 1 atom stereocenters. The van der Waals surface area contributed by atoms with Gasteiger partial charge in [0.25, 0.3) is 0 Å². The van der Waals surface area contributed by atoms with E-state index in [4.69, 9.17) is 5.73 Å². The van der Waals surface area contributed by atoms with Crippen LogP contribution in [0.2, 0.25) is 0 Å². The highest BCUT2D eigenvalue weighted by Crippen LogP contribution is 2.01. The fourth-order valence-electron chi connectivity index (χ4n) is 0.749. The van der Waals surface area contributed by atoms with Crippen LogP contribution in [-0.4, -0.2) is 17.6 Å². The smallest absolute Gasteiger partial charge is 0.0371 e. The molecule has 0 aliphatic carbocycles.